The van der Waals surface area contributed by atoms with Crippen molar-refractivity contribution in [2.45, 2.75) is 25.8 Å². The Morgan fingerprint density at radius 3 is 2.62 bits per heavy atom. The first-order valence-electron chi connectivity index (χ1n) is 10.7. The fraction of sp³-hybridized carbons (Fsp3) is 0.154. The minimum Gasteiger partial charge on any atom is -0.507 e. The Morgan fingerprint density at radius 2 is 1.91 bits per heavy atom. The number of carbonyl (C=O) groups excluding carboxylic acids is 2. The van der Waals surface area contributed by atoms with E-state index >= 15 is 0 Å². The Balaban J connectivity index is 1.71. The minimum atomic E-state index is -0.926. The number of ketones is 1. The first-order chi connectivity index (χ1) is 16.3. The third-order valence-electron chi connectivity index (χ3n) is 5.78. The average molecular weight is 490 g/mol. The largest absolute Gasteiger partial charge is 0.507 e. The first kappa shape index (κ1) is 22.3. The third-order valence-corrected chi connectivity index (χ3v) is 7.04. The van der Waals surface area contributed by atoms with Crippen molar-refractivity contribution >= 4 is 55.7 Å². The number of fused-ring (bicyclic) bond motifs is 1. The van der Waals surface area contributed by atoms with Gasteiger partial charge in [0.25, 0.3) is 5.78 Å². The van der Waals surface area contributed by atoms with Crippen LogP contribution < -0.4 is 4.90 Å². The summed E-state index contributed by atoms with van der Waals surface area (Å²) in [5.41, 5.74) is 2.64. The summed E-state index contributed by atoms with van der Waals surface area (Å²) in [4.78, 5) is 36.9. The van der Waals surface area contributed by atoms with E-state index in [1.807, 2.05) is 12.1 Å². The van der Waals surface area contributed by atoms with Crippen molar-refractivity contribution < 1.29 is 14.7 Å². The van der Waals surface area contributed by atoms with Crippen molar-refractivity contribution in [1.82, 2.24) is 9.97 Å². The van der Waals surface area contributed by atoms with Gasteiger partial charge in [0.15, 0.2) is 5.13 Å². The summed E-state index contributed by atoms with van der Waals surface area (Å²) in [7, 11) is 0. The number of benzene rings is 2. The molecule has 1 N–H and O–H groups in total. The second-order valence-corrected chi connectivity index (χ2v) is 9.76. The van der Waals surface area contributed by atoms with Crippen molar-refractivity contribution in [1.29, 1.82) is 0 Å². The number of aromatic nitrogens is 2. The van der Waals surface area contributed by atoms with E-state index in [1.54, 1.807) is 48.7 Å². The Hall–Kier alpha value is -3.55. The van der Waals surface area contributed by atoms with Crippen molar-refractivity contribution in [2.24, 2.45) is 0 Å². The molecule has 1 aliphatic heterocycles. The molecule has 34 heavy (non-hydrogen) atoms. The molecule has 2 aromatic heterocycles. The standard InChI is InChI=1S/C26H20ClN3O3S/c1-14(2)15-9-10-18-20(13-15)34-26(29-18)30-22(19-8-3-4-11-28-19)21(24(32)25(30)33)23(31)16-6-5-7-17(27)12-16/h3-14,22,31H,1-2H3/b23-21+. The van der Waals surface area contributed by atoms with Gasteiger partial charge < -0.3 is 5.11 Å². The first-order valence-corrected chi connectivity index (χ1v) is 11.9. The second-order valence-electron chi connectivity index (χ2n) is 8.31. The number of thiazole rings is 1. The lowest BCUT2D eigenvalue weighted by Crippen LogP contribution is -2.29. The van der Waals surface area contributed by atoms with Crippen LogP contribution in [0.1, 0.15) is 42.6 Å². The van der Waals surface area contributed by atoms with Gasteiger partial charge in [0.1, 0.15) is 11.8 Å². The van der Waals surface area contributed by atoms with E-state index in [-0.39, 0.29) is 11.3 Å². The van der Waals surface area contributed by atoms with Gasteiger partial charge >= 0.3 is 5.91 Å². The van der Waals surface area contributed by atoms with Gasteiger partial charge in [-0.2, -0.15) is 0 Å². The summed E-state index contributed by atoms with van der Waals surface area (Å²) >= 11 is 7.43. The van der Waals surface area contributed by atoms with Crippen LogP contribution >= 0.6 is 22.9 Å². The Morgan fingerprint density at radius 1 is 1.09 bits per heavy atom. The van der Waals surface area contributed by atoms with E-state index < -0.39 is 17.7 Å². The molecule has 0 saturated carbocycles. The number of aliphatic hydroxyl groups excluding tert-OH is 1. The number of anilines is 1. The van der Waals surface area contributed by atoms with Crippen molar-refractivity contribution in [3.05, 3.63) is 94.3 Å². The number of halogens is 1. The number of rotatable bonds is 4. The van der Waals surface area contributed by atoms with Crippen molar-refractivity contribution in [3.63, 3.8) is 0 Å². The van der Waals surface area contributed by atoms with Crippen molar-refractivity contribution in [2.75, 3.05) is 4.90 Å². The summed E-state index contributed by atoms with van der Waals surface area (Å²) in [5.74, 6) is -1.52. The zero-order chi connectivity index (χ0) is 24.0. The molecule has 0 aliphatic carbocycles. The van der Waals surface area contributed by atoms with Gasteiger partial charge in [-0.05, 0) is 47.9 Å². The molecular weight excluding hydrogens is 470 g/mol. The summed E-state index contributed by atoms with van der Waals surface area (Å²) in [5, 5.41) is 11.9. The van der Waals surface area contributed by atoms with Crippen LogP contribution in [0.15, 0.2) is 72.4 Å². The van der Waals surface area contributed by atoms with E-state index in [9.17, 15) is 14.7 Å². The van der Waals surface area contributed by atoms with Crippen LogP contribution in [0.2, 0.25) is 5.02 Å². The number of carbonyl (C=O) groups is 2. The maximum atomic E-state index is 13.3. The number of amides is 1. The summed E-state index contributed by atoms with van der Waals surface area (Å²) in [6.45, 7) is 4.22. The highest BCUT2D eigenvalue weighted by atomic mass is 35.5. The number of hydrogen-bond acceptors (Lipinski definition) is 6. The number of hydrogen-bond donors (Lipinski definition) is 1. The Labute approximate surface area is 205 Å². The highest BCUT2D eigenvalue weighted by Gasteiger charge is 2.48. The zero-order valence-corrected chi connectivity index (χ0v) is 20.0. The molecular formula is C26H20ClN3O3S. The van der Waals surface area contributed by atoms with Crippen LogP contribution in [-0.2, 0) is 9.59 Å². The highest BCUT2D eigenvalue weighted by Crippen LogP contribution is 2.44. The normalized spacial score (nSPS) is 17.8. The molecule has 0 spiro atoms. The minimum absolute atomic E-state index is 0.0481. The molecule has 1 fully saturated rings. The third kappa shape index (κ3) is 3.77. The topological polar surface area (TPSA) is 83.4 Å². The number of pyridine rings is 1. The number of nitrogens with zero attached hydrogens (tertiary/aromatic N) is 3. The van der Waals surface area contributed by atoms with Gasteiger partial charge in [-0.15, -0.1) is 0 Å². The number of Topliss-reactive ketones (excluding diaryl/α,β-unsaturated/α-hetero) is 1. The molecule has 8 heteroatoms. The smallest absolute Gasteiger partial charge is 0.301 e. The molecule has 170 valence electrons. The van der Waals surface area contributed by atoms with Crippen LogP contribution in [0.25, 0.3) is 16.0 Å². The van der Waals surface area contributed by atoms with E-state index in [0.29, 0.717) is 27.3 Å². The van der Waals surface area contributed by atoms with Crippen molar-refractivity contribution in [3.8, 4) is 0 Å². The quantitative estimate of drug-likeness (QED) is 0.213. The Bertz CT molecular complexity index is 1460. The molecule has 0 radical (unpaired) electrons. The maximum absolute atomic E-state index is 13.3. The van der Waals surface area contributed by atoms with Crippen LogP contribution in [0.3, 0.4) is 0 Å². The maximum Gasteiger partial charge on any atom is 0.301 e. The Kier molecular flexibility index (Phi) is 5.67. The molecule has 1 amide bonds. The highest BCUT2D eigenvalue weighted by molar-refractivity contribution is 7.22. The average Bonchev–Trinajstić information content (AvgIpc) is 3.37. The molecule has 1 aliphatic rings. The van der Waals surface area contributed by atoms with Crippen LogP contribution in [0.4, 0.5) is 5.13 Å². The second kappa shape index (κ2) is 8.66. The van der Waals surface area contributed by atoms with E-state index in [4.69, 9.17) is 11.6 Å². The van der Waals surface area contributed by atoms with Gasteiger partial charge in [-0.3, -0.25) is 19.5 Å². The van der Waals surface area contributed by atoms with E-state index in [2.05, 4.69) is 29.9 Å². The van der Waals surface area contributed by atoms with E-state index in [0.717, 1.165) is 15.8 Å². The lowest BCUT2D eigenvalue weighted by Gasteiger charge is -2.21. The monoisotopic (exact) mass is 489 g/mol. The lowest BCUT2D eigenvalue weighted by molar-refractivity contribution is -0.132. The molecule has 1 saturated heterocycles. The fourth-order valence-electron chi connectivity index (χ4n) is 4.03. The fourth-order valence-corrected chi connectivity index (χ4v) is 5.26. The predicted molar refractivity (Wildman–Crippen MR) is 134 cm³/mol. The van der Waals surface area contributed by atoms with Crippen LogP contribution in [0, 0.1) is 0 Å². The zero-order valence-electron chi connectivity index (χ0n) is 18.4. The lowest BCUT2D eigenvalue weighted by atomic mass is 9.98. The molecule has 0 bridgehead atoms. The SMILES string of the molecule is CC(C)c1ccc2nc(N3C(=O)C(=O)/C(=C(/O)c4cccc(Cl)c4)C3c3ccccn3)sc2c1. The molecule has 6 nitrogen and oxygen atoms in total. The van der Waals surface area contributed by atoms with Crippen LogP contribution in [0.5, 0.6) is 0 Å². The molecule has 5 rings (SSSR count). The van der Waals surface area contributed by atoms with Gasteiger partial charge in [-0.25, -0.2) is 4.98 Å². The molecule has 2 aromatic carbocycles. The number of aliphatic hydroxyl groups is 1. The molecule has 1 unspecified atom stereocenters. The predicted octanol–water partition coefficient (Wildman–Crippen LogP) is 6.09. The molecule has 1 atom stereocenters. The van der Waals surface area contributed by atoms with Gasteiger partial charge in [0.2, 0.25) is 0 Å². The van der Waals surface area contributed by atoms with Gasteiger partial charge in [0.05, 0.1) is 21.5 Å². The summed E-state index contributed by atoms with van der Waals surface area (Å²) in [6.07, 6.45) is 1.59. The summed E-state index contributed by atoms with van der Waals surface area (Å²) in [6, 6.07) is 16.8. The van der Waals surface area contributed by atoms with Gasteiger partial charge in [-0.1, -0.05) is 61.1 Å². The molecule has 4 aromatic rings. The molecule has 3 heterocycles. The van der Waals surface area contributed by atoms with Gasteiger partial charge in [0, 0.05) is 16.8 Å². The van der Waals surface area contributed by atoms with E-state index in [1.165, 1.54) is 16.2 Å². The summed E-state index contributed by atoms with van der Waals surface area (Å²) < 4.78 is 0.915. The van der Waals surface area contributed by atoms with Crippen LogP contribution in [-0.4, -0.2) is 26.8 Å².